The minimum absolute atomic E-state index is 0.221. The number of thiol groups is 1. The Morgan fingerprint density at radius 1 is 1.55 bits per heavy atom. The molecule has 0 aromatic carbocycles. The van der Waals surface area contributed by atoms with E-state index in [4.69, 9.17) is 10.2 Å². The van der Waals surface area contributed by atoms with Crippen LogP contribution in [0.2, 0.25) is 0 Å². The molecule has 0 spiro atoms. The summed E-state index contributed by atoms with van der Waals surface area (Å²) in [6.45, 7) is 0. The predicted octanol–water partition coefficient (Wildman–Crippen LogP) is -0.171. The molecule has 0 aromatic heterocycles. The van der Waals surface area contributed by atoms with Crippen LogP contribution in [0.4, 0.5) is 0 Å². The molecule has 2 unspecified atom stereocenters. The fraction of sp³-hybridized carbons (Fsp3) is 0.833. The molecule has 2 atom stereocenters. The zero-order valence-electron chi connectivity index (χ0n) is 5.93. The minimum Gasteiger partial charge on any atom is -0.389 e. The Balaban J connectivity index is 3.34. The lowest BCUT2D eigenvalue weighted by Gasteiger charge is -2.13. The third kappa shape index (κ3) is 5.55. The lowest BCUT2D eigenvalue weighted by Crippen LogP contribution is -2.24. The van der Waals surface area contributed by atoms with Gasteiger partial charge in [0.2, 0.25) is 0 Å². The number of thioether (sulfide) groups is 1. The fourth-order valence-electron chi connectivity index (χ4n) is 0.423. The van der Waals surface area contributed by atoms with E-state index in [2.05, 4.69) is 12.6 Å². The smallest absolute Gasteiger partial charge is 0.199 e. The molecule has 0 heterocycles. The van der Waals surface area contributed by atoms with Crippen LogP contribution in [-0.2, 0) is 4.79 Å². The van der Waals surface area contributed by atoms with Gasteiger partial charge in [0.1, 0.15) is 5.44 Å². The first-order valence-electron chi connectivity index (χ1n) is 3.16. The Bertz CT molecular complexity index is 110. The maximum atomic E-state index is 9.73. The van der Waals surface area contributed by atoms with Crippen molar-refractivity contribution in [3.63, 3.8) is 0 Å². The van der Waals surface area contributed by atoms with Crippen LogP contribution in [0.25, 0.3) is 0 Å². The van der Waals surface area contributed by atoms with Crippen LogP contribution >= 0.6 is 24.4 Å². The predicted molar refractivity (Wildman–Crippen MR) is 48.6 cm³/mol. The zero-order chi connectivity index (χ0) is 8.69. The van der Waals surface area contributed by atoms with Gasteiger partial charge in [-0.3, -0.25) is 4.79 Å². The monoisotopic (exact) mass is 195 g/mol. The summed E-state index contributed by atoms with van der Waals surface area (Å²) in [6, 6.07) is 0. The van der Waals surface area contributed by atoms with Crippen molar-refractivity contribution in [2.45, 2.75) is 18.0 Å². The van der Waals surface area contributed by atoms with Gasteiger partial charge in [0.15, 0.2) is 6.29 Å². The molecule has 0 aliphatic rings. The van der Waals surface area contributed by atoms with Gasteiger partial charge in [0.25, 0.3) is 0 Å². The number of hydrogen-bond acceptors (Lipinski definition) is 5. The molecule has 11 heavy (non-hydrogen) atoms. The van der Waals surface area contributed by atoms with Crippen molar-refractivity contribution in [2.75, 3.05) is 11.5 Å². The molecule has 0 saturated heterocycles. The van der Waals surface area contributed by atoms with Crippen LogP contribution in [0, 0.1) is 0 Å². The second-order valence-electron chi connectivity index (χ2n) is 1.91. The summed E-state index contributed by atoms with van der Waals surface area (Å²) >= 11 is 4.93. The molecule has 3 nitrogen and oxygen atoms in total. The topological polar surface area (TPSA) is 57.5 Å². The highest BCUT2D eigenvalue weighted by Gasteiger charge is 2.13. The van der Waals surface area contributed by atoms with Gasteiger partial charge in [0.05, 0.1) is 6.10 Å². The van der Waals surface area contributed by atoms with Crippen LogP contribution in [0.5, 0.6) is 0 Å². The molecule has 0 fully saturated rings. The van der Waals surface area contributed by atoms with E-state index in [1.807, 2.05) is 0 Å². The summed E-state index contributed by atoms with van der Waals surface area (Å²) in [6.07, 6.45) is 1.15. The average molecular weight is 195 g/mol. The van der Waals surface area contributed by atoms with Crippen LogP contribution < -0.4 is 0 Å². The summed E-state index contributed by atoms with van der Waals surface area (Å²) in [4.78, 5) is 9.73. The van der Waals surface area contributed by atoms with Crippen molar-refractivity contribution in [3.8, 4) is 0 Å². The number of aliphatic hydroxyl groups excluding tert-OH is 2. The third-order valence-electron chi connectivity index (χ3n) is 1.01. The standard InChI is InChI=1S/C6H11O3S2/c7-2-1-3-11-6(9)5(8)4-10/h5-6,8-10H,1,3-4H2. The normalized spacial score (nSPS) is 15.9. The second-order valence-corrected chi connectivity index (χ2v) is 3.50. The summed E-state index contributed by atoms with van der Waals surface area (Å²) < 4.78 is 0. The van der Waals surface area contributed by atoms with Crippen molar-refractivity contribution in [1.29, 1.82) is 0 Å². The minimum atomic E-state index is -0.846. The van der Waals surface area contributed by atoms with Crippen LogP contribution in [-0.4, -0.2) is 39.5 Å². The third-order valence-corrected chi connectivity index (χ3v) is 2.48. The molecule has 0 amide bonds. The van der Waals surface area contributed by atoms with E-state index in [1.165, 1.54) is 0 Å². The Labute approximate surface area is 75.6 Å². The quantitative estimate of drug-likeness (QED) is 0.313. The summed E-state index contributed by atoms with van der Waals surface area (Å²) in [5, 5.41) is 18.1. The van der Waals surface area contributed by atoms with Crippen molar-refractivity contribution in [2.24, 2.45) is 0 Å². The van der Waals surface area contributed by atoms with Gasteiger partial charge >= 0.3 is 0 Å². The average Bonchev–Trinajstić information content (AvgIpc) is 2.03. The SMILES string of the molecule is O=[C]CCSC(O)C(O)CS. The van der Waals surface area contributed by atoms with E-state index in [0.717, 1.165) is 11.8 Å². The lowest BCUT2D eigenvalue weighted by molar-refractivity contribution is 0.0910. The van der Waals surface area contributed by atoms with E-state index in [9.17, 15) is 4.79 Å². The first kappa shape index (κ1) is 11.3. The van der Waals surface area contributed by atoms with Crippen LogP contribution in [0.1, 0.15) is 6.42 Å². The van der Waals surface area contributed by atoms with Gasteiger partial charge in [-0.25, -0.2) is 0 Å². The van der Waals surface area contributed by atoms with E-state index in [-0.39, 0.29) is 12.2 Å². The number of carbonyl (C=O) groups excluding carboxylic acids is 1. The van der Waals surface area contributed by atoms with E-state index in [1.54, 1.807) is 6.29 Å². The van der Waals surface area contributed by atoms with Gasteiger partial charge in [0, 0.05) is 17.9 Å². The number of rotatable bonds is 6. The van der Waals surface area contributed by atoms with E-state index in [0.29, 0.717) is 5.75 Å². The molecule has 0 bridgehead atoms. The molecular formula is C6H11O3S2. The van der Waals surface area contributed by atoms with Crippen molar-refractivity contribution in [1.82, 2.24) is 0 Å². The van der Waals surface area contributed by atoms with E-state index >= 15 is 0 Å². The zero-order valence-corrected chi connectivity index (χ0v) is 7.65. The highest BCUT2D eigenvalue weighted by molar-refractivity contribution is 7.99. The largest absolute Gasteiger partial charge is 0.389 e. The van der Waals surface area contributed by atoms with Gasteiger partial charge < -0.3 is 10.2 Å². The van der Waals surface area contributed by atoms with Gasteiger partial charge in [-0.2, -0.15) is 12.6 Å². The Morgan fingerprint density at radius 2 is 2.18 bits per heavy atom. The van der Waals surface area contributed by atoms with Crippen molar-refractivity contribution >= 4 is 30.7 Å². The van der Waals surface area contributed by atoms with Crippen molar-refractivity contribution in [3.05, 3.63) is 0 Å². The number of hydrogen-bond donors (Lipinski definition) is 3. The maximum absolute atomic E-state index is 9.73. The first-order chi connectivity index (χ1) is 5.22. The Hall–Kier alpha value is 0.290. The molecule has 0 aliphatic heterocycles. The molecule has 5 heteroatoms. The molecule has 2 N–H and O–H groups in total. The van der Waals surface area contributed by atoms with Crippen molar-refractivity contribution < 1.29 is 15.0 Å². The molecule has 65 valence electrons. The molecule has 0 aliphatic carbocycles. The molecule has 1 radical (unpaired) electrons. The van der Waals surface area contributed by atoms with Gasteiger partial charge in [-0.15, -0.1) is 11.8 Å². The summed E-state index contributed by atoms with van der Waals surface area (Å²) in [5.41, 5.74) is -0.846. The highest BCUT2D eigenvalue weighted by Crippen LogP contribution is 2.13. The summed E-state index contributed by atoms with van der Waals surface area (Å²) in [7, 11) is 0. The fourth-order valence-corrected chi connectivity index (χ4v) is 1.53. The van der Waals surface area contributed by atoms with Crippen LogP contribution in [0.15, 0.2) is 0 Å². The van der Waals surface area contributed by atoms with Gasteiger partial charge in [-0.05, 0) is 0 Å². The Morgan fingerprint density at radius 3 is 2.64 bits per heavy atom. The molecule has 0 rings (SSSR count). The summed E-state index contributed by atoms with van der Waals surface area (Å²) in [5.74, 6) is 0.703. The lowest BCUT2D eigenvalue weighted by atomic mass is 10.4. The highest BCUT2D eigenvalue weighted by atomic mass is 32.2. The molecule has 0 aromatic rings. The first-order valence-corrected chi connectivity index (χ1v) is 4.84. The molecule has 0 saturated carbocycles. The Kier molecular flexibility index (Phi) is 7.15. The van der Waals surface area contributed by atoms with E-state index < -0.39 is 11.5 Å². The molecular weight excluding hydrogens is 184 g/mol. The second kappa shape index (κ2) is 6.97. The van der Waals surface area contributed by atoms with Gasteiger partial charge in [-0.1, -0.05) is 0 Å². The number of aliphatic hydroxyl groups is 2. The van der Waals surface area contributed by atoms with Crippen LogP contribution in [0.3, 0.4) is 0 Å². The maximum Gasteiger partial charge on any atom is 0.199 e.